The predicted molar refractivity (Wildman–Crippen MR) is 155 cm³/mol. The topological polar surface area (TPSA) is 125 Å². The first-order chi connectivity index (χ1) is 18.8. The lowest BCUT2D eigenvalue weighted by Gasteiger charge is -2.30. The first-order valence-electron chi connectivity index (χ1n) is 13.3. The summed E-state index contributed by atoms with van der Waals surface area (Å²) < 4.78 is 4.72. The largest absolute Gasteiger partial charge is 0.453 e. The standard InChI is InChI=1S/C30H38N6O3/c1-19(2)27(35-30(38)39-4)29(37)36-16-6-9-26(36)28-33-18-25(34-28)22-13-10-20(11-14-22)7-5-8-21-12-15-23(31)24(17-21)32-3/h5,8,10-15,17-19,26-27,32H,6-7,9,16,31H2,1-4H3,(H,33,34)(H,35,38)/b8-5+. The Morgan fingerprint density at radius 1 is 1.23 bits per heavy atom. The number of amides is 2. The van der Waals surface area contributed by atoms with Gasteiger partial charge in [0.25, 0.3) is 0 Å². The van der Waals surface area contributed by atoms with E-state index in [0.29, 0.717) is 6.54 Å². The normalized spacial score (nSPS) is 16.0. The number of nitrogens with one attached hydrogen (secondary N) is 3. The Bertz CT molecular complexity index is 1310. The van der Waals surface area contributed by atoms with E-state index in [2.05, 4.69) is 57.0 Å². The average Bonchev–Trinajstić information content (AvgIpc) is 3.62. The fraction of sp³-hybridized carbons (Fsp3) is 0.367. The predicted octanol–water partition coefficient (Wildman–Crippen LogP) is 5.00. The van der Waals surface area contributed by atoms with Crippen LogP contribution in [0.1, 0.15) is 49.7 Å². The number of allylic oxidation sites excluding steroid dienone is 1. The number of carbonyl (C=O) groups excluding carboxylic acids is 2. The number of methoxy groups -OCH3 is 1. The van der Waals surface area contributed by atoms with Crippen molar-refractivity contribution in [2.45, 2.75) is 45.2 Å². The molecule has 1 saturated heterocycles. The van der Waals surface area contributed by atoms with Crippen LogP contribution in [-0.4, -0.2) is 53.6 Å². The minimum absolute atomic E-state index is 0.0734. The lowest BCUT2D eigenvalue weighted by molar-refractivity contribution is -0.135. The number of alkyl carbamates (subject to hydrolysis) is 1. The summed E-state index contributed by atoms with van der Waals surface area (Å²) in [5, 5.41) is 5.79. The number of benzene rings is 2. The molecule has 0 aliphatic carbocycles. The molecule has 5 N–H and O–H groups in total. The van der Waals surface area contributed by atoms with Crippen molar-refractivity contribution >= 4 is 29.5 Å². The van der Waals surface area contributed by atoms with E-state index < -0.39 is 12.1 Å². The fourth-order valence-corrected chi connectivity index (χ4v) is 4.89. The molecule has 0 radical (unpaired) electrons. The zero-order valence-electron chi connectivity index (χ0n) is 23.0. The van der Waals surface area contributed by atoms with Crippen LogP contribution in [0, 0.1) is 5.92 Å². The third-order valence-corrected chi connectivity index (χ3v) is 7.11. The molecule has 2 heterocycles. The smallest absolute Gasteiger partial charge is 0.407 e. The summed E-state index contributed by atoms with van der Waals surface area (Å²) >= 11 is 0. The fourth-order valence-electron chi connectivity index (χ4n) is 4.89. The molecular formula is C30H38N6O3. The van der Waals surface area contributed by atoms with Crippen LogP contribution in [0.25, 0.3) is 17.3 Å². The van der Waals surface area contributed by atoms with Crippen molar-refractivity contribution in [1.29, 1.82) is 0 Å². The van der Waals surface area contributed by atoms with E-state index in [9.17, 15) is 9.59 Å². The number of carbonyl (C=O) groups is 2. The van der Waals surface area contributed by atoms with E-state index in [1.807, 2.05) is 50.2 Å². The van der Waals surface area contributed by atoms with Crippen molar-refractivity contribution < 1.29 is 14.3 Å². The van der Waals surface area contributed by atoms with Gasteiger partial charge in [-0.25, -0.2) is 9.78 Å². The third kappa shape index (κ3) is 6.60. The minimum atomic E-state index is -0.653. The Hall–Kier alpha value is -4.27. The van der Waals surface area contributed by atoms with Crippen LogP contribution >= 0.6 is 0 Å². The van der Waals surface area contributed by atoms with Gasteiger partial charge in [0.1, 0.15) is 11.9 Å². The Balaban J connectivity index is 1.41. The van der Waals surface area contributed by atoms with Gasteiger partial charge < -0.3 is 31.0 Å². The summed E-state index contributed by atoms with van der Waals surface area (Å²) in [5.41, 5.74) is 11.8. The second-order valence-corrected chi connectivity index (χ2v) is 10.1. The van der Waals surface area contributed by atoms with Gasteiger partial charge in [-0.3, -0.25) is 4.79 Å². The molecule has 9 heteroatoms. The number of nitrogens with two attached hydrogens (primary N) is 1. The van der Waals surface area contributed by atoms with Crippen LogP contribution in [-0.2, 0) is 16.0 Å². The number of nitrogens with zero attached hydrogens (tertiary/aromatic N) is 2. The highest BCUT2D eigenvalue weighted by atomic mass is 16.5. The Morgan fingerprint density at radius 3 is 2.69 bits per heavy atom. The molecule has 0 saturated carbocycles. The number of anilines is 2. The molecule has 206 valence electrons. The molecule has 4 rings (SSSR count). The van der Waals surface area contributed by atoms with Crippen molar-refractivity contribution in [1.82, 2.24) is 20.2 Å². The van der Waals surface area contributed by atoms with Gasteiger partial charge in [0.2, 0.25) is 5.91 Å². The van der Waals surface area contributed by atoms with E-state index in [-0.39, 0.29) is 17.9 Å². The van der Waals surface area contributed by atoms with Gasteiger partial charge in [-0.1, -0.05) is 56.3 Å². The van der Waals surface area contributed by atoms with Gasteiger partial charge in [0.05, 0.1) is 36.4 Å². The van der Waals surface area contributed by atoms with Crippen LogP contribution in [0.4, 0.5) is 16.2 Å². The van der Waals surface area contributed by atoms with Crippen molar-refractivity contribution in [2.75, 3.05) is 31.8 Å². The molecule has 1 fully saturated rings. The quantitative estimate of drug-likeness (QED) is 0.289. The minimum Gasteiger partial charge on any atom is -0.453 e. The Morgan fingerprint density at radius 2 is 2.00 bits per heavy atom. The molecule has 39 heavy (non-hydrogen) atoms. The number of likely N-dealkylation sites (tertiary alicyclic amines) is 1. The Kier molecular flexibility index (Phi) is 8.91. The van der Waals surface area contributed by atoms with Gasteiger partial charge in [0.15, 0.2) is 0 Å². The molecule has 2 amide bonds. The molecule has 1 aliphatic heterocycles. The summed E-state index contributed by atoms with van der Waals surface area (Å²) in [5.74, 6) is 0.568. The van der Waals surface area contributed by atoms with Gasteiger partial charge in [-0.15, -0.1) is 0 Å². The van der Waals surface area contributed by atoms with E-state index in [0.717, 1.165) is 53.3 Å². The summed E-state index contributed by atoms with van der Waals surface area (Å²) in [6, 6.07) is 13.5. The molecule has 2 aromatic carbocycles. The summed E-state index contributed by atoms with van der Waals surface area (Å²) in [6.07, 6.45) is 7.95. The monoisotopic (exact) mass is 530 g/mol. The van der Waals surface area contributed by atoms with Crippen molar-refractivity contribution in [2.24, 2.45) is 5.92 Å². The molecule has 0 bridgehead atoms. The highest BCUT2D eigenvalue weighted by Gasteiger charge is 2.37. The zero-order valence-corrected chi connectivity index (χ0v) is 23.0. The number of imidazole rings is 1. The van der Waals surface area contributed by atoms with Crippen LogP contribution in [0.2, 0.25) is 0 Å². The third-order valence-electron chi connectivity index (χ3n) is 7.11. The number of aromatic amines is 1. The highest BCUT2D eigenvalue weighted by Crippen LogP contribution is 2.32. The average molecular weight is 531 g/mol. The van der Waals surface area contributed by atoms with E-state index in [4.69, 9.17) is 10.5 Å². The van der Waals surface area contributed by atoms with Gasteiger partial charge in [0, 0.05) is 13.6 Å². The zero-order chi connectivity index (χ0) is 27.9. The SMILES string of the molecule is CNc1cc(/C=C/Cc2ccc(-c3cnc(C4CCCN4C(=O)C(NC(=O)OC)C(C)C)[nH]3)cc2)ccc1N. The van der Waals surface area contributed by atoms with Crippen molar-refractivity contribution in [3.63, 3.8) is 0 Å². The molecule has 0 spiro atoms. The van der Waals surface area contributed by atoms with E-state index >= 15 is 0 Å². The maximum Gasteiger partial charge on any atom is 0.407 e. The number of ether oxygens (including phenoxy) is 1. The molecular weight excluding hydrogens is 492 g/mol. The second-order valence-electron chi connectivity index (χ2n) is 10.1. The summed E-state index contributed by atoms with van der Waals surface area (Å²) in [7, 11) is 3.16. The Labute approximate surface area is 229 Å². The van der Waals surface area contributed by atoms with Crippen LogP contribution in [0.15, 0.2) is 54.7 Å². The lowest BCUT2D eigenvalue weighted by Crippen LogP contribution is -2.51. The van der Waals surface area contributed by atoms with E-state index in [1.165, 1.54) is 12.7 Å². The number of nitrogen functional groups attached to an aromatic ring is 1. The molecule has 9 nitrogen and oxygen atoms in total. The first-order valence-corrected chi connectivity index (χ1v) is 13.3. The number of rotatable bonds is 9. The molecule has 3 aromatic rings. The number of hydrogen-bond donors (Lipinski definition) is 4. The van der Waals surface area contributed by atoms with E-state index in [1.54, 1.807) is 0 Å². The van der Waals surface area contributed by atoms with Crippen molar-refractivity contribution in [3.8, 4) is 11.3 Å². The molecule has 1 aromatic heterocycles. The van der Waals surface area contributed by atoms with Gasteiger partial charge >= 0.3 is 6.09 Å². The van der Waals surface area contributed by atoms with Gasteiger partial charge in [-0.05, 0) is 54.0 Å². The highest BCUT2D eigenvalue weighted by molar-refractivity contribution is 5.86. The summed E-state index contributed by atoms with van der Waals surface area (Å²) in [4.78, 5) is 35.0. The lowest BCUT2D eigenvalue weighted by atomic mass is 10.0. The van der Waals surface area contributed by atoms with Crippen LogP contribution < -0.4 is 16.4 Å². The van der Waals surface area contributed by atoms with Gasteiger partial charge in [-0.2, -0.15) is 0 Å². The van der Waals surface area contributed by atoms with Crippen LogP contribution in [0.3, 0.4) is 0 Å². The number of hydrogen-bond acceptors (Lipinski definition) is 6. The maximum absolute atomic E-state index is 13.4. The molecule has 1 aliphatic rings. The molecule has 2 unspecified atom stereocenters. The van der Waals surface area contributed by atoms with Crippen molar-refractivity contribution in [3.05, 3.63) is 71.7 Å². The molecule has 2 atom stereocenters. The summed E-state index contributed by atoms with van der Waals surface area (Å²) in [6.45, 7) is 4.44. The number of H-pyrrole nitrogens is 1. The maximum atomic E-state index is 13.4. The number of aromatic nitrogens is 2. The second kappa shape index (κ2) is 12.5. The van der Waals surface area contributed by atoms with Crippen LogP contribution in [0.5, 0.6) is 0 Å². The first kappa shape index (κ1) is 27.8.